The number of hydrogen-bond acceptors (Lipinski definition) is 9. The predicted molar refractivity (Wildman–Crippen MR) is 79.5 cm³/mol. The first kappa shape index (κ1) is 19.8. The van der Waals surface area contributed by atoms with Crippen molar-refractivity contribution in [2.75, 3.05) is 6.61 Å². The molecular weight excluding hydrogens is 358 g/mol. The van der Waals surface area contributed by atoms with Gasteiger partial charge >= 0.3 is 7.82 Å². The van der Waals surface area contributed by atoms with Crippen LogP contribution in [0.15, 0.2) is 15.0 Å². The summed E-state index contributed by atoms with van der Waals surface area (Å²) in [6, 6.07) is -0.982. The summed E-state index contributed by atoms with van der Waals surface area (Å²) >= 11 is 0. The molecule has 127 valence electrons. The zero-order chi connectivity index (χ0) is 16.8. The minimum Gasteiger partial charge on any atom is -0.394 e. The van der Waals surface area contributed by atoms with Crippen LogP contribution in [0, 0.1) is 0 Å². The number of rotatable bonds is 4. The van der Waals surface area contributed by atoms with E-state index >= 15 is 0 Å². The van der Waals surface area contributed by atoms with Crippen molar-refractivity contribution >= 4 is 61.8 Å². The summed E-state index contributed by atoms with van der Waals surface area (Å²) in [6.45, 7) is -0.597. The molecule has 5 atom stereocenters. The van der Waals surface area contributed by atoms with Crippen LogP contribution in [0.4, 0.5) is 0 Å². The molecule has 3 heterocycles. The van der Waals surface area contributed by atoms with Crippen LogP contribution in [-0.4, -0.2) is 116 Å². The van der Waals surface area contributed by atoms with E-state index < -0.39 is 50.9 Å². The topological polar surface area (TPSA) is 174 Å². The summed E-state index contributed by atoms with van der Waals surface area (Å²) in [7, 11) is -4.94. The molecule has 4 N–H and O–H groups in total. The molecule has 0 aromatic carbocycles. The summed E-state index contributed by atoms with van der Waals surface area (Å²) in [4.78, 5) is 42.1. The summed E-state index contributed by atoms with van der Waals surface area (Å²) in [5.74, 6) is -0.432. The smallest absolute Gasteiger partial charge is 0.394 e. The molecule has 14 heteroatoms. The average Bonchev–Trinajstić information content (AvgIpc) is 3.01. The SMILES string of the molecule is O=C1N=CN=C2C1N=CN2[C@@H]1O[C@H](CO)[C@@H](O)[C@H]1OP(=O)(O)O.[Na]. The maximum Gasteiger partial charge on any atom is 0.470 e. The van der Waals surface area contributed by atoms with Gasteiger partial charge in [0.2, 0.25) is 0 Å². The van der Waals surface area contributed by atoms with E-state index in [1.807, 2.05) is 0 Å². The normalized spacial score (nSPS) is 35.0. The number of aliphatic imine (C=N–C) groups is 3. The Hall–Kier alpha value is -0.530. The second-order valence-corrected chi connectivity index (χ2v) is 6.14. The fourth-order valence-electron chi connectivity index (χ4n) is 2.49. The Morgan fingerprint density at radius 1 is 1.42 bits per heavy atom. The van der Waals surface area contributed by atoms with Gasteiger partial charge in [-0.3, -0.25) is 19.2 Å². The Bertz CT molecular complexity index is 651. The first-order valence-electron chi connectivity index (χ1n) is 6.46. The molecule has 12 nitrogen and oxygen atoms in total. The number of hydrogen-bond donors (Lipinski definition) is 4. The van der Waals surface area contributed by atoms with E-state index in [4.69, 9.17) is 14.5 Å². The fraction of sp³-hybridized carbons (Fsp3) is 0.600. The minimum atomic E-state index is -4.94. The number of amidine groups is 1. The Morgan fingerprint density at radius 3 is 2.75 bits per heavy atom. The number of nitrogens with zero attached hydrogens (tertiary/aromatic N) is 4. The van der Waals surface area contributed by atoms with Gasteiger partial charge in [0, 0.05) is 29.6 Å². The third kappa shape index (κ3) is 3.68. The monoisotopic (exact) mass is 371 g/mol. The molecule has 0 saturated carbocycles. The van der Waals surface area contributed by atoms with Gasteiger partial charge in [-0.05, 0) is 0 Å². The van der Waals surface area contributed by atoms with Gasteiger partial charge in [0.25, 0.3) is 5.91 Å². The van der Waals surface area contributed by atoms with Crippen molar-refractivity contribution in [3.8, 4) is 0 Å². The minimum absolute atomic E-state index is 0. The van der Waals surface area contributed by atoms with Gasteiger partial charge in [0.1, 0.15) is 30.5 Å². The van der Waals surface area contributed by atoms with Gasteiger partial charge in [-0.25, -0.2) is 9.56 Å². The standard InChI is InChI=1S/C10H13N4O8P.Na/c15-1-4-6(16)7(22-23(18,19)20)10(21-4)14-3-13-5-8(14)11-2-12-9(5)17;/h2-7,10,15-16H,1H2,(H2,18,19,20);/t4-,5?,6-,7-,10-;/m1./s1. The molecular formula is C10H13N4NaO8P. The molecule has 1 unspecified atom stereocenters. The molecule has 24 heavy (non-hydrogen) atoms. The van der Waals surface area contributed by atoms with E-state index in [1.165, 1.54) is 11.2 Å². The number of amides is 1. The zero-order valence-corrected chi connectivity index (χ0v) is 15.3. The van der Waals surface area contributed by atoms with Crippen molar-refractivity contribution in [3.63, 3.8) is 0 Å². The van der Waals surface area contributed by atoms with Crippen LogP contribution < -0.4 is 0 Å². The molecule has 1 amide bonds. The number of fused-ring (bicyclic) bond motifs is 1. The number of phosphoric acid groups is 1. The van der Waals surface area contributed by atoms with Gasteiger partial charge in [-0.1, -0.05) is 0 Å². The molecule has 1 radical (unpaired) electrons. The predicted octanol–water partition coefficient (Wildman–Crippen LogP) is -3.16. The van der Waals surface area contributed by atoms with Crippen molar-refractivity contribution < 1.29 is 38.6 Å². The van der Waals surface area contributed by atoms with Crippen LogP contribution in [-0.2, 0) is 18.6 Å². The van der Waals surface area contributed by atoms with E-state index in [0.717, 1.165) is 6.34 Å². The summed E-state index contributed by atoms with van der Waals surface area (Å²) in [5.41, 5.74) is 0. The van der Waals surface area contributed by atoms with E-state index in [-0.39, 0.29) is 35.4 Å². The Kier molecular flexibility index (Phi) is 6.08. The zero-order valence-electron chi connectivity index (χ0n) is 12.4. The molecule has 1 saturated heterocycles. The number of phosphoric ester groups is 1. The van der Waals surface area contributed by atoms with Crippen LogP contribution in [0.1, 0.15) is 0 Å². The second-order valence-electron chi connectivity index (χ2n) is 4.94. The van der Waals surface area contributed by atoms with Crippen LogP contribution in [0.3, 0.4) is 0 Å². The van der Waals surface area contributed by atoms with Gasteiger partial charge < -0.3 is 24.7 Å². The molecule has 3 rings (SSSR count). The molecule has 1 fully saturated rings. The van der Waals surface area contributed by atoms with Crippen molar-refractivity contribution in [1.82, 2.24) is 4.90 Å². The van der Waals surface area contributed by atoms with Crippen LogP contribution in [0.25, 0.3) is 0 Å². The first-order valence-corrected chi connectivity index (χ1v) is 7.99. The van der Waals surface area contributed by atoms with Gasteiger partial charge in [-0.15, -0.1) is 0 Å². The number of carbonyl (C=O) groups excluding carboxylic acids is 1. The molecule has 0 aliphatic carbocycles. The quantitative estimate of drug-likeness (QED) is 0.294. The maximum absolute atomic E-state index is 11.6. The Labute approximate surface area is 157 Å². The molecule has 3 aliphatic heterocycles. The number of carbonyl (C=O) groups is 1. The second kappa shape index (κ2) is 7.38. The molecule has 0 spiro atoms. The van der Waals surface area contributed by atoms with E-state index in [2.05, 4.69) is 19.5 Å². The van der Waals surface area contributed by atoms with Crippen LogP contribution in [0.2, 0.25) is 0 Å². The number of aliphatic hydroxyl groups excluding tert-OH is 2. The van der Waals surface area contributed by atoms with Gasteiger partial charge in [0.15, 0.2) is 12.3 Å². The third-order valence-corrected chi connectivity index (χ3v) is 4.00. The summed E-state index contributed by atoms with van der Waals surface area (Å²) in [6.07, 6.45) is -3.15. The van der Waals surface area contributed by atoms with Gasteiger partial charge in [0.05, 0.1) is 12.9 Å². The number of ether oxygens (including phenoxy) is 1. The molecule has 3 aliphatic rings. The summed E-state index contributed by atoms with van der Waals surface area (Å²) < 4.78 is 21.1. The molecule has 0 aromatic heterocycles. The molecule has 0 bridgehead atoms. The van der Waals surface area contributed by atoms with Crippen molar-refractivity contribution in [2.24, 2.45) is 15.0 Å². The third-order valence-electron chi connectivity index (χ3n) is 3.48. The fourth-order valence-corrected chi connectivity index (χ4v) is 3.04. The van der Waals surface area contributed by atoms with Crippen molar-refractivity contribution in [1.29, 1.82) is 0 Å². The van der Waals surface area contributed by atoms with E-state index in [9.17, 15) is 19.6 Å². The number of aliphatic hydroxyl groups is 2. The first-order chi connectivity index (χ1) is 10.8. The van der Waals surface area contributed by atoms with Crippen molar-refractivity contribution in [2.45, 2.75) is 30.6 Å². The van der Waals surface area contributed by atoms with E-state index in [1.54, 1.807) is 0 Å². The summed E-state index contributed by atoms with van der Waals surface area (Å²) in [5, 5.41) is 19.2. The largest absolute Gasteiger partial charge is 0.470 e. The van der Waals surface area contributed by atoms with Crippen LogP contribution in [0.5, 0.6) is 0 Å². The van der Waals surface area contributed by atoms with Crippen LogP contribution >= 0.6 is 7.82 Å². The Balaban J connectivity index is 0.00000208. The van der Waals surface area contributed by atoms with Gasteiger partial charge in [-0.2, -0.15) is 4.99 Å². The molecule has 0 aromatic rings. The maximum atomic E-state index is 11.6. The average molecular weight is 371 g/mol. The van der Waals surface area contributed by atoms with E-state index in [0.29, 0.717) is 0 Å². The van der Waals surface area contributed by atoms with Crippen molar-refractivity contribution in [3.05, 3.63) is 0 Å². The Morgan fingerprint density at radius 2 is 2.12 bits per heavy atom.